The fourth-order valence-electron chi connectivity index (χ4n) is 3.96. The maximum absolute atomic E-state index is 6.54. The monoisotopic (exact) mass is 296 g/mol. The van der Waals surface area contributed by atoms with E-state index in [2.05, 4.69) is 20.4 Å². The fourth-order valence-corrected chi connectivity index (χ4v) is 3.96. The highest BCUT2D eigenvalue weighted by Gasteiger charge is 2.44. The van der Waals surface area contributed by atoms with Crippen LogP contribution in [-0.2, 0) is 4.74 Å². The van der Waals surface area contributed by atoms with E-state index in [1.54, 1.807) is 0 Å². The predicted molar refractivity (Wildman–Crippen MR) is 85.3 cm³/mol. The Hall–Kier alpha value is -0.200. The molecule has 0 aromatic rings. The molecule has 0 spiro atoms. The largest absolute Gasteiger partial charge is 0.346 e. The molecule has 0 aromatic heterocycles. The third-order valence-corrected chi connectivity index (χ3v) is 5.12. The van der Waals surface area contributed by atoms with Crippen molar-refractivity contribution < 1.29 is 4.74 Å². The molecule has 0 radical (unpaired) electrons. The lowest BCUT2D eigenvalue weighted by atomic mass is 10.2. The van der Waals surface area contributed by atoms with Crippen LogP contribution in [-0.4, -0.2) is 74.6 Å². The summed E-state index contributed by atoms with van der Waals surface area (Å²) in [5.41, 5.74) is 0. The normalized spacial score (nSPS) is 34.9. The third kappa shape index (κ3) is 3.77. The van der Waals surface area contributed by atoms with Crippen molar-refractivity contribution >= 4 is 0 Å². The van der Waals surface area contributed by atoms with Crippen molar-refractivity contribution in [1.82, 2.24) is 20.4 Å². The number of likely N-dealkylation sites (tertiary alicyclic amines) is 1. The van der Waals surface area contributed by atoms with E-state index >= 15 is 0 Å². The van der Waals surface area contributed by atoms with Crippen LogP contribution in [0.5, 0.6) is 0 Å². The van der Waals surface area contributed by atoms with Crippen LogP contribution in [0.1, 0.15) is 38.5 Å². The van der Waals surface area contributed by atoms with Crippen molar-refractivity contribution in [2.24, 2.45) is 0 Å². The number of hydrogen-bond donors (Lipinski definition) is 2. The first-order valence-electron chi connectivity index (χ1n) is 8.97. The van der Waals surface area contributed by atoms with Gasteiger partial charge in [0.25, 0.3) is 0 Å². The van der Waals surface area contributed by atoms with Gasteiger partial charge >= 0.3 is 0 Å². The fraction of sp³-hybridized carbons (Fsp3) is 1.00. The first-order chi connectivity index (χ1) is 10.4. The molecule has 3 heterocycles. The van der Waals surface area contributed by atoms with E-state index in [4.69, 9.17) is 4.74 Å². The lowest BCUT2D eigenvalue weighted by Crippen LogP contribution is -2.67. The van der Waals surface area contributed by atoms with E-state index in [-0.39, 0.29) is 5.85 Å². The van der Waals surface area contributed by atoms with Gasteiger partial charge in [0, 0.05) is 32.7 Å². The Morgan fingerprint density at radius 2 is 1.38 bits per heavy atom. The molecule has 122 valence electrons. The maximum atomic E-state index is 6.54. The quantitative estimate of drug-likeness (QED) is 0.789. The Kier molecular flexibility index (Phi) is 5.89. The van der Waals surface area contributed by atoms with Gasteiger partial charge in [0.1, 0.15) is 0 Å². The minimum Gasteiger partial charge on any atom is -0.346 e. The molecule has 3 rings (SSSR count). The van der Waals surface area contributed by atoms with Crippen LogP contribution < -0.4 is 10.6 Å². The van der Waals surface area contributed by atoms with Gasteiger partial charge in [0.05, 0.1) is 13.2 Å². The van der Waals surface area contributed by atoms with Crippen molar-refractivity contribution in [1.29, 1.82) is 0 Å². The van der Waals surface area contributed by atoms with Crippen molar-refractivity contribution in [2.75, 3.05) is 59.0 Å². The number of hydrogen-bond acceptors (Lipinski definition) is 5. The van der Waals surface area contributed by atoms with E-state index < -0.39 is 0 Å². The van der Waals surface area contributed by atoms with Gasteiger partial charge in [-0.15, -0.1) is 0 Å². The molecule has 0 aromatic carbocycles. The Bertz CT molecular complexity index is 267. The third-order valence-electron chi connectivity index (χ3n) is 5.12. The van der Waals surface area contributed by atoms with Crippen LogP contribution in [0.4, 0.5) is 0 Å². The smallest absolute Gasteiger partial charge is 0.192 e. The van der Waals surface area contributed by atoms with E-state index in [0.717, 1.165) is 52.3 Å². The van der Waals surface area contributed by atoms with Crippen molar-refractivity contribution in [3.8, 4) is 0 Å². The van der Waals surface area contributed by atoms with E-state index in [0.29, 0.717) is 0 Å². The zero-order valence-corrected chi connectivity index (χ0v) is 13.4. The van der Waals surface area contributed by atoms with E-state index in [9.17, 15) is 0 Å². The molecule has 0 bridgehead atoms. The molecule has 5 nitrogen and oxygen atoms in total. The summed E-state index contributed by atoms with van der Waals surface area (Å²) in [5.74, 6) is -0.202. The molecule has 1 atom stereocenters. The molecule has 3 fully saturated rings. The van der Waals surface area contributed by atoms with Gasteiger partial charge in [-0.3, -0.25) is 9.80 Å². The van der Waals surface area contributed by atoms with E-state index in [1.165, 1.54) is 45.2 Å². The Morgan fingerprint density at radius 3 is 2.24 bits per heavy atom. The van der Waals surface area contributed by atoms with Crippen LogP contribution >= 0.6 is 0 Å². The summed E-state index contributed by atoms with van der Waals surface area (Å²) in [6, 6.07) is 0. The molecule has 3 saturated heterocycles. The first kappa shape index (κ1) is 15.7. The molecule has 5 heteroatoms. The lowest BCUT2D eigenvalue weighted by Gasteiger charge is -2.49. The molecular formula is C16H32N4O. The Balaban J connectivity index is 1.80. The number of nitrogens with one attached hydrogen (secondary N) is 2. The van der Waals surface area contributed by atoms with Crippen LogP contribution in [0.25, 0.3) is 0 Å². The van der Waals surface area contributed by atoms with Gasteiger partial charge in [-0.05, 0) is 38.8 Å². The minimum absolute atomic E-state index is 0.202. The second-order valence-electron chi connectivity index (χ2n) is 6.61. The summed E-state index contributed by atoms with van der Waals surface area (Å²) in [5, 5.41) is 7.17. The van der Waals surface area contributed by atoms with Crippen LogP contribution in [0, 0.1) is 0 Å². The molecule has 0 amide bonds. The lowest BCUT2D eigenvalue weighted by molar-refractivity contribution is -0.239. The summed E-state index contributed by atoms with van der Waals surface area (Å²) < 4.78 is 6.54. The highest BCUT2D eigenvalue weighted by Crippen LogP contribution is 2.27. The molecule has 0 saturated carbocycles. The van der Waals surface area contributed by atoms with Gasteiger partial charge in [0.2, 0.25) is 0 Å². The van der Waals surface area contributed by atoms with Gasteiger partial charge < -0.3 is 15.4 Å². The number of ether oxygens (including phenoxy) is 1. The Labute approximate surface area is 129 Å². The average Bonchev–Trinajstić information content (AvgIpc) is 3.02. The summed E-state index contributed by atoms with van der Waals surface area (Å²) in [6.07, 6.45) is 7.73. The highest BCUT2D eigenvalue weighted by molar-refractivity contribution is 4.89. The van der Waals surface area contributed by atoms with Gasteiger partial charge in [-0.25, -0.2) is 0 Å². The van der Waals surface area contributed by atoms with Crippen molar-refractivity contribution in [3.63, 3.8) is 0 Å². The minimum atomic E-state index is -0.202. The zero-order valence-electron chi connectivity index (χ0n) is 13.4. The van der Waals surface area contributed by atoms with Crippen LogP contribution in [0.3, 0.4) is 0 Å². The van der Waals surface area contributed by atoms with Crippen LogP contribution in [0.2, 0.25) is 0 Å². The van der Waals surface area contributed by atoms with Gasteiger partial charge in [-0.2, -0.15) is 0 Å². The topological polar surface area (TPSA) is 39.8 Å². The summed E-state index contributed by atoms with van der Waals surface area (Å²) in [6.45, 7) is 9.75. The molecule has 3 aliphatic heterocycles. The SMILES string of the molecule is C1CCCN(C2(N3CCCNCC3)CNCCCO2)CC1. The second-order valence-corrected chi connectivity index (χ2v) is 6.61. The van der Waals surface area contributed by atoms with Gasteiger partial charge in [-0.1, -0.05) is 12.8 Å². The molecule has 3 aliphatic rings. The Morgan fingerprint density at radius 1 is 0.667 bits per heavy atom. The predicted octanol–water partition coefficient (Wildman–Crippen LogP) is 0.821. The molecule has 21 heavy (non-hydrogen) atoms. The van der Waals surface area contributed by atoms with Crippen LogP contribution in [0.15, 0.2) is 0 Å². The molecule has 2 N–H and O–H groups in total. The van der Waals surface area contributed by atoms with Crippen molar-refractivity contribution in [3.05, 3.63) is 0 Å². The van der Waals surface area contributed by atoms with E-state index in [1.807, 2.05) is 0 Å². The molecule has 1 unspecified atom stereocenters. The standard InChI is InChI=1S/C16H32N4O/c1-2-4-11-19(10-3-1)16(15-18-8-6-14-21-16)20-12-5-7-17-9-13-20/h17-18H,1-15H2. The molecular weight excluding hydrogens is 264 g/mol. The summed E-state index contributed by atoms with van der Waals surface area (Å²) in [4.78, 5) is 5.25. The molecule has 0 aliphatic carbocycles. The summed E-state index contributed by atoms with van der Waals surface area (Å²) >= 11 is 0. The van der Waals surface area contributed by atoms with Crippen molar-refractivity contribution in [2.45, 2.75) is 44.4 Å². The van der Waals surface area contributed by atoms with Gasteiger partial charge in [0.15, 0.2) is 5.85 Å². The first-order valence-corrected chi connectivity index (χ1v) is 8.97. The average molecular weight is 296 g/mol. The number of nitrogens with zero attached hydrogens (tertiary/aromatic N) is 2. The maximum Gasteiger partial charge on any atom is 0.192 e. The zero-order chi connectivity index (χ0) is 14.4. The highest BCUT2D eigenvalue weighted by atomic mass is 16.5. The second kappa shape index (κ2) is 7.88. The summed E-state index contributed by atoms with van der Waals surface area (Å²) in [7, 11) is 0. The number of rotatable bonds is 2.